The molecule has 0 spiro atoms. The second-order valence-corrected chi connectivity index (χ2v) is 10.3. The van der Waals surface area contributed by atoms with Crippen LogP contribution in [0.3, 0.4) is 0 Å². The van der Waals surface area contributed by atoms with Crippen molar-refractivity contribution in [2.75, 3.05) is 26.2 Å². The number of sulfonamides is 1. The minimum absolute atomic E-state index is 0.209. The molecule has 0 unspecified atom stereocenters. The summed E-state index contributed by atoms with van der Waals surface area (Å²) < 4.78 is 35.3. The van der Waals surface area contributed by atoms with E-state index >= 15 is 0 Å². The molecule has 8 nitrogen and oxygen atoms in total. The number of aryl methyl sites for hydroxylation is 1. The molecule has 0 radical (unpaired) electrons. The topological polar surface area (TPSA) is 88.6 Å². The number of fused-ring (bicyclic) bond motifs is 3. The van der Waals surface area contributed by atoms with Gasteiger partial charge in [0.05, 0.1) is 16.7 Å². The highest BCUT2D eigenvalue weighted by atomic mass is 32.2. The Morgan fingerprint density at radius 3 is 2.53 bits per heavy atom. The first-order valence-corrected chi connectivity index (χ1v) is 12.0. The zero-order chi connectivity index (χ0) is 20.9. The molecule has 30 heavy (non-hydrogen) atoms. The number of imidazole rings is 1. The van der Waals surface area contributed by atoms with Crippen LogP contribution in [0.4, 0.5) is 0 Å². The average molecular weight is 431 g/mol. The molecule has 1 aromatic carbocycles. The molecular formula is C21H26N4O4S. The van der Waals surface area contributed by atoms with Crippen LogP contribution in [0.25, 0.3) is 22.0 Å². The molecule has 2 aromatic heterocycles. The molecule has 3 heterocycles. The normalized spacial score (nSPS) is 20.3. The van der Waals surface area contributed by atoms with Gasteiger partial charge in [0, 0.05) is 44.7 Å². The Labute approximate surface area is 175 Å². The number of nitrogens with zero attached hydrogens (tertiary/aromatic N) is 4. The van der Waals surface area contributed by atoms with Crippen LogP contribution >= 0.6 is 0 Å². The molecule has 0 bridgehead atoms. The van der Waals surface area contributed by atoms with Crippen LogP contribution in [0.5, 0.6) is 0 Å². The summed E-state index contributed by atoms with van der Waals surface area (Å²) in [5.74, 6) is 0. The SMILES string of the molecule is Cn1cnc2c(=O)oc3ccc(S(=O)(=O)N4CCN(C5CCCCC5)CC4)cc3c21. The van der Waals surface area contributed by atoms with Gasteiger partial charge < -0.3 is 8.98 Å². The molecule has 1 saturated heterocycles. The third-order valence-electron chi connectivity index (χ3n) is 6.54. The predicted molar refractivity (Wildman–Crippen MR) is 114 cm³/mol. The number of hydrogen-bond donors (Lipinski definition) is 0. The van der Waals surface area contributed by atoms with Gasteiger partial charge in [0.2, 0.25) is 10.0 Å². The van der Waals surface area contributed by atoms with E-state index in [1.807, 2.05) is 0 Å². The number of piperazine rings is 1. The van der Waals surface area contributed by atoms with E-state index in [4.69, 9.17) is 4.42 Å². The monoisotopic (exact) mass is 430 g/mol. The first-order chi connectivity index (χ1) is 14.4. The van der Waals surface area contributed by atoms with Gasteiger partial charge in [-0.25, -0.2) is 18.2 Å². The highest BCUT2D eigenvalue weighted by Gasteiger charge is 2.32. The van der Waals surface area contributed by atoms with Gasteiger partial charge in [-0.3, -0.25) is 4.90 Å². The van der Waals surface area contributed by atoms with Crippen LogP contribution in [0.2, 0.25) is 0 Å². The van der Waals surface area contributed by atoms with E-state index in [1.54, 1.807) is 28.1 Å². The van der Waals surface area contributed by atoms with E-state index in [-0.39, 0.29) is 10.4 Å². The smallest absolute Gasteiger partial charge is 0.364 e. The Morgan fingerprint density at radius 1 is 1.07 bits per heavy atom. The van der Waals surface area contributed by atoms with Gasteiger partial charge in [0.25, 0.3) is 0 Å². The maximum Gasteiger partial charge on any atom is 0.364 e. The van der Waals surface area contributed by atoms with E-state index in [0.29, 0.717) is 35.6 Å². The maximum absolute atomic E-state index is 13.3. The highest BCUT2D eigenvalue weighted by Crippen LogP contribution is 2.28. The molecule has 9 heteroatoms. The van der Waals surface area contributed by atoms with Crippen LogP contribution in [0, 0.1) is 0 Å². The van der Waals surface area contributed by atoms with Crippen LogP contribution in [-0.4, -0.2) is 59.4 Å². The van der Waals surface area contributed by atoms with Crippen molar-refractivity contribution < 1.29 is 12.8 Å². The number of benzene rings is 1. The highest BCUT2D eigenvalue weighted by molar-refractivity contribution is 7.89. The Hall–Kier alpha value is -2.23. The zero-order valence-corrected chi connectivity index (χ0v) is 17.9. The fourth-order valence-corrected chi connectivity index (χ4v) is 6.34. The van der Waals surface area contributed by atoms with E-state index in [0.717, 1.165) is 13.1 Å². The van der Waals surface area contributed by atoms with Crippen molar-refractivity contribution in [2.24, 2.45) is 7.05 Å². The summed E-state index contributed by atoms with van der Waals surface area (Å²) in [6.45, 7) is 2.56. The summed E-state index contributed by atoms with van der Waals surface area (Å²) in [4.78, 5) is 18.9. The number of aromatic nitrogens is 2. The first-order valence-electron chi connectivity index (χ1n) is 10.6. The lowest BCUT2D eigenvalue weighted by Gasteiger charge is -2.40. The van der Waals surface area contributed by atoms with Gasteiger partial charge in [0.15, 0.2) is 5.52 Å². The van der Waals surface area contributed by atoms with Crippen LogP contribution in [-0.2, 0) is 17.1 Å². The predicted octanol–water partition coefficient (Wildman–Crippen LogP) is 2.32. The Kier molecular flexibility index (Phi) is 4.91. The molecule has 1 aliphatic carbocycles. The minimum Gasteiger partial charge on any atom is -0.421 e. The van der Waals surface area contributed by atoms with Crippen molar-refractivity contribution >= 4 is 32.0 Å². The molecule has 2 fully saturated rings. The Morgan fingerprint density at radius 2 is 1.80 bits per heavy atom. The molecule has 160 valence electrons. The summed E-state index contributed by atoms with van der Waals surface area (Å²) in [7, 11) is -1.85. The lowest BCUT2D eigenvalue weighted by atomic mass is 9.94. The molecule has 0 N–H and O–H groups in total. The standard InChI is InChI=1S/C21H26N4O4S/c1-23-14-22-19-20(23)17-13-16(7-8-18(17)29-21(19)26)30(27,28)25-11-9-24(10-12-25)15-5-3-2-4-6-15/h7-8,13-15H,2-6,9-12H2,1H3. The van der Waals surface area contributed by atoms with Crippen molar-refractivity contribution in [3.63, 3.8) is 0 Å². The second-order valence-electron chi connectivity index (χ2n) is 8.33. The largest absolute Gasteiger partial charge is 0.421 e. The molecule has 1 aliphatic heterocycles. The van der Waals surface area contributed by atoms with Crippen molar-refractivity contribution in [3.8, 4) is 0 Å². The molecule has 0 atom stereocenters. The number of rotatable bonds is 3. The van der Waals surface area contributed by atoms with E-state index in [9.17, 15) is 13.2 Å². The molecule has 1 saturated carbocycles. The third-order valence-corrected chi connectivity index (χ3v) is 8.44. The van der Waals surface area contributed by atoms with E-state index in [2.05, 4.69) is 9.88 Å². The summed E-state index contributed by atoms with van der Waals surface area (Å²) >= 11 is 0. The molecule has 3 aromatic rings. The lowest BCUT2D eigenvalue weighted by molar-refractivity contribution is 0.111. The van der Waals surface area contributed by atoms with Gasteiger partial charge >= 0.3 is 5.63 Å². The van der Waals surface area contributed by atoms with Crippen LogP contribution in [0.1, 0.15) is 32.1 Å². The van der Waals surface area contributed by atoms with Crippen molar-refractivity contribution in [3.05, 3.63) is 34.9 Å². The second kappa shape index (κ2) is 7.47. The van der Waals surface area contributed by atoms with Gasteiger partial charge in [-0.1, -0.05) is 19.3 Å². The van der Waals surface area contributed by atoms with Crippen molar-refractivity contribution in [1.29, 1.82) is 0 Å². The molecule has 2 aliphatic rings. The lowest BCUT2D eigenvalue weighted by Crippen LogP contribution is -2.52. The third kappa shape index (κ3) is 3.25. The summed E-state index contributed by atoms with van der Waals surface area (Å²) in [6, 6.07) is 5.29. The Balaban J connectivity index is 1.44. The maximum atomic E-state index is 13.3. The Bertz CT molecular complexity index is 1250. The molecule has 5 rings (SSSR count). The van der Waals surface area contributed by atoms with E-state index < -0.39 is 15.6 Å². The van der Waals surface area contributed by atoms with Gasteiger partial charge in [-0.05, 0) is 31.0 Å². The zero-order valence-electron chi connectivity index (χ0n) is 17.1. The number of hydrogen-bond acceptors (Lipinski definition) is 6. The van der Waals surface area contributed by atoms with Crippen molar-refractivity contribution in [2.45, 2.75) is 43.0 Å². The van der Waals surface area contributed by atoms with Gasteiger partial charge in [-0.15, -0.1) is 0 Å². The average Bonchev–Trinajstić information content (AvgIpc) is 3.17. The van der Waals surface area contributed by atoms with Crippen molar-refractivity contribution in [1.82, 2.24) is 18.8 Å². The summed E-state index contributed by atoms with van der Waals surface area (Å²) in [5, 5.41) is 0.575. The first kappa shape index (κ1) is 19.7. The van der Waals surface area contributed by atoms with Crippen LogP contribution < -0.4 is 5.63 Å². The van der Waals surface area contributed by atoms with Crippen LogP contribution in [0.15, 0.2) is 38.6 Å². The minimum atomic E-state index is -3.63. The summed E-state index contributed by atoms with van der Waals surface area (Å²) in [5.41, 5.74) is 0.630. The van der Waals surface area contributed by atoms with Gasteiger partial charge in [-0.2, -0.15) is 4.31 Å². The van der Waals surface area contributed by atoms with E-state index in [1.165, 1.54) is 44.5 Å². The molecular weight excluding hydrogens is 404 g/mol. The quantitative estimate of drug-likeness (QED) is 0.593. The summed E-state index contributed by atoms with van der Waals surface area (Å²) in [6.07, 6.45) is 7.86. The fraction of sp³-hybridized carbons (Fsp3) is 0.524. The van der Waals surface area contributed by atoms with Gasteiger partial charge in [0.1, 0.15) is 5.58 Å². The molecule has 0 amide bonds. The fourth-order valence-electron chi connectivity index (χ4n) is 4.89.